The summed E-state index contributed by atoms with van der Waals surface area (Å²) >= 11 is 0. The molecule has 6 N–H and O–H groups in total. The van der Waals surface area contributed by atoms with Crippen molar-refractivity contribution in [3.63, 3.8) is 0 Å². The third kappa shape index (κ3) is 11.5. The Hall–Kier alpha value is -3.88. The van der Waals surface area contributed by atoms with E-state index in [9.17, 15) is 9.59 Å². The molecule has 0 atom stereocenters. The van der Waals surface area contributed by atoms with Gasteiger partial charge in [0, 0.05) is 49.2 Å². The summed E-state index contributed by atoms with van der Waals surface area (Å²) < 4.78 is 0. The van der Waals surface area contributed by atoms with Crippen molar-refractivity contribution in [1.29, 1.82) is 0 Å². The first-order chi connectivity index (χ1) is 20.2. The number of aliphatic imine (C=N–C) groups is 1. The van der Waals surface area contributed by atoms with Gasteiger partial charge < -0.3 is 27.0 Å². The Labute approximate surface area is 251 Å². The van der Waals surface area contributed by atoms with Crippen LogP contribution in [0.15, 0.2) is 53.3 Å². The fourth-order valence-corrected chi connectivity index (χ4v) is 5.07. The number of hydrogen-bond acceptors (Lipinski definition) is 6. The van der Waals surface area contributed by atoms with Gasteiger partial charge in [0.2, 0.25) is 5.91 Å². The van der Waals surface area contributed by atoms with E-state index >= 15 is 0 Å². The van der Waals surface area contributed by atoms with Crippen LogP contribution in [0, 0.1) is 12.8 Å². The van der Waals surface area contributed by atoms with Gasteiger partial charge in [-0.25, -0.2) is 4.98 Å². The zero-order chi connectivity index (χ0) is 30.3. The van der Waals surface area contributed by atoms with Crippen LogP contribution in [0.25, 0.3) is 0 Å². The second-order valence-electron chi connectivity index (χ2n) is 11.6. The molecular formula is C33H49N7O2. The van der Waals surface area contributed by atoms with Crippen LogP contribution in [0.1, 0.15) is 94.5 Å². The lowest BCUT2D eigenvalue weighted by Gasteiger charge is -2.15. The molecule has 3 rings (SSSR count). The molecule has 228 valence electrons. The first-order valence-corrected chi connectivity index (χ1v) is 15.4. The number of nitrogens with one attached hydrogen (secondary N) is 4. The number of carbonyl (C=O) groups is 2. The molecule has 0 radical (unpaired) electrons. The molecule has 0 aliphatic heterocycles. The minimum absolute atomic E-state index is 0.0928. The summed E-state index contributed by atoms with van der Waals surface area (Å²) in [5.41, 5.74) is 9.60. The summed E-state index contributed by atoms with van der Waals surface area (Å²) in [6, 6.07) is 9.48. The van der Waals surface area contributed by atoms with Gasteiger partial charge in [0.25, 0.3) is 5.91 Å². The molecule has 1 aromatic heterocycles. The Bertz CT molecular complexity index is 1230. The lowest BCUT2D eigenvalue weighted by molar-refractivity contribution is -0.121. The summed E-state index contributed by atoms with van der Waals surface area (Å²) in [5, 5.41) is 12.8. The summed E-state index contributed by atoms with van der Waals surface area (Å²) in [6.07, 6.45) is 13.1. The highest BCUT2D eigenvalue weighted by Gasteiger charge is 2.18. The van der Waals surface area contributed by atoms with Gasteiger partial charge in [0.15, 0.2) is 0 Å². The Balaban J connectivity index is 1.47. The van der Waals surface area contributed by atoms with Crippen LogP contribution in [0.4, 0.5) is 17.2 Å². The van der Waals surface area contributed by atoms with Crippen LogP contribution in [0.2, 0.25) is 0 Å². The van der Waals surface area contributed by atoms with E-state index in [4.69, 9.17) is 5.73 Å². The topological polar surface area (TPSA) is 134 Å². The van der Waals surface area contributed by atoms with E-state index < -0.39 is 0 Å². The number of nitrogens with zero attached hydrogens (tertiary/aromatic N) is 2. The highest BCUT2D eigenvalue weighted by atomic mass is 16.2. The van der Waals surface area contributed by atoms with Gasteiger partial charge in [-0.1, -0.05) is 37.8 Å². The van der Waals surface area contributed by atoms with Crippen LogP contribution in [-0.4, -0.2) is 41.8 Å². The SMILES string of the molecule is C/C(N)=C/C(=NC(C)C)Nc1cc(Nc2ccccc2C(=O)NCCCCCCNC(=O)CC2CCCC2)c(C)cn1. The molecule has 1 aliphatic rings. The predicted molar refractivity (Wildman–Crippen MR) is 173 cm³/mol. The maximum Gasteiger partial charge on any atom is 0.253 e. The van der Waals surface area contributed by atoms with Gasteiger partial charge in [-0.15, -0.1) is 0 Å². The van der Waals surface area contributed by atoms with Gasteiger partial charge in [-0.3, -0.25) is 14.6 Å². The molecule has 1 aliphatic carbocycles. The number of pyridine rings is 1. The lowest BCUT2D eigenvalue weighted by atomic mass is 10.0. The monoisotopic (exact) mass is 575 g/mol. The van der Waals surface area contributed by atoms with Crippen LogP contribution < -0.4 is 27.0 Å². The van der Waals surface area contributed by atoms with Crippen molar-refractivity contribution in [2.24, 2.45) is 16.6 Å². The van der Waals surface area contributed by atoms with Crippen molar-refractivity contribution in [3.05, 3.63) is 59.4 Å². The normalized spacial score (nSPS) is 14.2. The van der Waals surface area contributed by atoms with Gasteiger partial charge in [-0.2, -0.15) is 0 Å². The maximum atomic E-state index is 13.1. The van der Waals surface area contributed by atoms with Crippen molar-refractivity contribution in [3.8, 4) is 0 Å². The Kier molecular flexibility index (Phi) is 13.3. The van der Waals surface area contributed by atoms with Crippen LogP contribution in [-0.2, 0) is 4.79 Å². The van der Waals surface area contributed by atoms with E-state index in [0.29, 0.717) is 41.8 Å². The molecule has 1 heterocycles. The minimum atomic E-state index is -0.114. The molecule has 1 saturated carbocycles. The average Bonchev–Trinajstić information content (AvgIpc) is 3.44. The van der Waals surface area contributed by atoms with Gasteiger partial charge in [0.1, 0.15) is 11.7 Å². The third-order valence-corrected chi connectivity index (χ3v) is 7.22. The first kappa shape index (κ1) is 32.6. The van der Waals surface area contributed by atoms with Crippen molar-refractivity contribution in [1.82, 2.24) is 15.6 Å². The molecule has 0 bridgehead atoms. The average molecular weight is 576 g/mol. The third-order valence-electron chi connectivity index (χ3n) is 7.22. The molecule has 0 spiro atoms. The molecule has 0 unspecified atom stereocenters. The number of carbonyl (C=O) groups excluding carboxylic acids is 2. The van der Waals surface area contributed by atoms with Crippen molar-refractivity contribution in [2.45, 2.75) is 91.5 Å². The molecule has 0 saturated heterocycles. The van der Waals surface area contributed by atoms with Crippen molar-refractivity contribution in [2.75, 3.05) is 23.7 Å². The maximum absolute atomic E-state index is 13.1. The quantitative estimate of drug-likeness (QED) is 0.0975. The lowest BCUT2D eigenvalue weighted by Crippen LogP contribution is -2.26. The van der Waals surface area contributed by atoms with E-state index in [1.165, 1.54) is 25.7 Å². The predicted octanol–water partition coefficient (Wildman–Crippen LogP) is 6.20. The number of aryl methyl sites for hydroxylation is 1. The first-order valence-electron chi connectivity index (χ1n) is 15.4. The number of allylic oxidation sites excluding steroid dienone is 1. The van der Waals surface area contributed by atoms with Gasteiger partial charge in [-0.05, 0) is 83.1 Å². The summed E-state index contributed by atoms with van der Waals surface area (Å²) in [6.45, 7) is 9.12. The van der Waals surface area contributed by atoms with E-state index in [0.717, 1.165) is 49.2 Å². The molecular weight excluding hydrogens is 526 g/mol. The summed E-state index contributed by atoms with van der Waals surface area (Å²) in [7, 11) is 0. The van der Waals surface area contributed by atoms with Crippen molar-refractivity contribution < 1.29 is 9.59 Å². The van der Waals surface area contributed by atoms with E-state index in [1.54, 1.807) is 12.3 Å². The Morgan fingerprint density at radius 3 is 2.43 bits per heavy atom. The molecule has 1 aromatic carbocycles. The molecule has 1 fully saturated rings. The smallest absolute Gasteiger partial charge is 0.253 e. The Morgan fingerprint density at radius 1 is 1.05 bits per heavy atom. The summed E-state index contributed by atoms with van der Waals surface area (Å²) in [5.74, 6) is 1.92. The van der Waals surface area contributed by atoms with Crippen LogP contribution in [0.5, 0.6) is 0 Å². The molecule has 9 nitrogen and oxygen atoms in total. The molecule has 9 heteroatoms. The van der Waals surface area contributed by atoms with Crippen LogP contribution in [0.3, 0.4) is 0 Å². The van der Waals surface area contributed by atoms with Gasteiger partial charge in [0.05, 0.1) is 11.3 Å². The number of hydrogen-bond donors (Lipinski definition) is 5. The van der Waals surface area contributed by atoms with E-state index in [-0.39, 0.29) is 17.9 Å². The Morgan fingerprint density at radius 2 is 1.74 bits per heavy atom. The number of para-hydroxylation sites is 1. The zero-order valence-electron chi connectivity index (χ0n) is 25.8. The zero-order valence-corrected chi connectivity index (χ0v) is 25.8. The highest BCUT2D eigenvalue weighted by Crippen LogP contribution is 2.27. The standard InChI is InChI=1S/C33H49N7O2/c1-23(2)38-31(19-25(4)34)40-30-21-29(24(3)22-37-30)39-28-16-10-9-15-27(28)33(42)36-18-12-6-5-11-17-35-32(41)20-26-13-7-8-14-26/h9-10,15-16,19,21-23,26H,5-8,11-14,17-18,20,34H2,1-4H3,(H,35,41)(H,36,42)(H2,37,38,39,40)/b25-19-. The second kappa shape index (κ2) is 17.2. The molecule has 42 heavy (non-hydrogen) atoms. The number of benzene rings is 1. The number of nitrogens with two attached hydrogens (primary N) is 1. The minimum Gasteiger partial charge on any atom is -0.402 e. The second-order valence-corrected chi connectivity index (χ2v) is 11.6. The number of amides is 2. The highest BCUT2D eigenvalue weighted by molar-refractivity contribution is 6.04. The van der Waals surface area contributed by atoms with Crippen molar-refractivity contribution >= 4 is 34.8 Å². The van der Waals surface area contributed by atoms with Gasteiger partial charge >= 0.3 is 0 Å². The van der Waals surface area contributed by atoms with Crippen LogP contribution >= 0.6 is 0 Å². The fraction of sp³-hybridized carbons (Fsp3) is 0.515. The molecule has 2 amide bonds. The number of unbranched alkanes of at least 4 members (excludes halogenated alkanes) is 3. The number of aromatic nitrogens is 1. The molecule has 2 aromatic rings. The number of anilines is 3. The fourth-order valence-electron chi connectivity index (χ4n) is 5.07. The van der Waals surface area contributed by atoms with E-state index in [1.807, 2.05) is 58.0 Å². The largest absolute Gasteiger partial charge is 0.402 e. The number of rotatable bonds is 15. The van der Waals surface area contributed by atoms with E-state index in [2.05, 4.69) is 31.2 Å². The summed E-state index contributed by atoms with van der Waals surface area (Å²) in [4.78, 5) is 34.2. The number of amidine groups is 1.